The second kappa shape index (κ2) is 5.87. The minimum Gasteiger partial charge on any atom is -0.466 e. The molecule has 4 nitrogen and oxygen atoms in total. The van der Waals surface area contributed by atoms with Gasteiger partial charge < -0.3 is 9.64 Å². The van der Waals surface area contributed by atoms with Crippen LogP contribution in [0.1, 0.15) is 33.6 Å². The summed E-state index contributed by atoms with van der Waals surface area (Å²) in [5.41, 5.74) is 0. The Morgan fingerprint density at radius 2 is 2.12 bits per heavy atom. The van der Waals surface area contributed by atoms with Gasteiger partial charge >= 0.3 is 5.97 Å². The first kappa shape index (κ1) is 13.0. The summed E-state index contributed by atoms with van der Waals surface area (Å²) in [6, 6.07) is 0. The second-order valence-electron chi connectivity index (χ2n) is 4.53. The molecule has 0 aromatic carbocycles. The Bertz CT molecular complexity index is 263. The lowest BCUT2D eigenvalue weighted by molar-refractivity contribution is -0.151. The fraction of sp³-hybridized carbons (Fsp3) is 0.833. The molecule has 0 spiro atoms. The van der Waals surface area contributed by atoms with Crippen molar-refractivity contribution in [3.05, 3.63) is 0 Å². The third-order valence-electron chi connectivity index (χ3n) is 2.85. The second-order valence-corrected chi connectivity index (χ2v) is 4.53. The Morgan fingerprint density at radius 3 is 2.69 bits per heavy atom. The Kier molecular flexibility index (Phi) is 4.77. The predicted molar refractivity (Wildman–Crippen MR) is 60.8 cm³/mol. The van der Waals surface area contributed by atoms with Gasteiger partial charge in [-0.3, -0.25) is 9.59 Å². The van der Waals surface area contributed by atoms with Crippen LogP contribution in [0, 0.1) is 11.8 Å². The maximum absolute atomic E-state index is 11.8. The van der Waals surface area contributed by atoms with Gasteiger partial charge in [-0.15, -0.1) is 0 Å². The highest BCUT2D eigenvalue weighted by Gasteiger charge is 2.29. The molecule has 0 radical (unpaired) electrons. The fourth-order valence-electron chi connectivity index (χ4n) is 1.99. The molecule has 0 saturated carbocycles. The lowest BCUT2D eigenvalue weighted by Gasteiger charge is -2.32. The zero-order valence-corrected chi connectivity index (χ0v) is 10.4. The van der Waals surface area contributed by atoms with Crippen molar-refractivity contribution in [2.75, 3.05) is 19.7 Å². The number of carbonyl (C=O) groups is 2. The number of esters is 1. The van der Waals surface area contributed by atoms with E-state index in [4.69, 9.17) is 4.74 Å². The highest BCUT2D eigenvalue weighted by molar-refractivity contribution is 5.79. The van der Waals surface area contributed by atoms with E-state index in [1.54, 1.807) is 11.8 Å². The summed E-state index contributed by atoms with van der Waals surface area (Å²) in [5, 5.41) is 0. The molecule has 92 valence electrons. The highest BCUT2D eigenvalue weighted by atomic mass is 16.5. The normalized spacial score (nSPS) is 21.0. The van der Waals surface area contributed by atoms with Gasteiger partial charge in [-0.1, -0.05) is 13.8 Å². The summed E-state index contributed by atoms with van der Waals surface area (Å²) in [6.07, 6.45) is 1.72. The molecule has 1 atom stereocenters. The van der Waals surface area contributed by atoms with E-state index in [9.17, 15) is 9.59 Å². The lowest BCUT2D eigenvalue weighted by Crippen LogP contribution is -2.44. The van der Waals surface area contributed by atoms with Crippen LogP contribution >= 0.6 is 0 Å². The monoisotopic (exact) mass is 227 g/mol. The van der Waals surface area contributed by atoms with Gasteiger partial charge in [0.1, 0.15) is 0 Å². The molecule has 0 aromatic rings. The van der Waals surface area contributed by atoms with Gasteiger partial charge in [0, 0.05) is 19.0 Å². The van der Waals surface area contributed by atoms with E-state index >= 15 is 0 Å². The molecule has 0 bridgehead atoms. The average molecular weight is 227 g/mol. The van der Waals surface area contributed by atoms with E-state index in [1.807, 2.05) is 13.8 Å². The lowest BCUT2D eigenvalue weighted by atomic mass is 9.97. The molecule has 1 amide bonds. The zero-order valence-electron chi connectivity index (χ0n) is 10.4. The van der Waals surface area contributed by atoms with Crippen molar-refractivity contribution in [1.29, 1.82) is 0 Å². The van der Waals surface area contributed by atoms with Gasteiger partial charge in [0.15, 0.2) is 0 Å². The van der Waals surface area contributed by atoms with E-state index < -0.39 is 0 Å². The molecule has 1 saturated heterocycles. The van der Waals surface area contributed by atoms with Gasteiger partial charge in [-0.2, -0.15) is 0 Å². The number of likely N-dealkylation sites (tertiary alicyclic amines) is 1. The maximum Gasteiger partial charge on any atom is 0.310 e. The Labute approximate surface area is 96.9 Å². The summed E-state index contributed by atoms with van der Waals surface area (Å²) >= 11 is 0. The fourth-order valence-corrected chi connectivity index (χ4v) is 1.99. The Balaban J connectivity index is 2.53. The zero-order chi connectivity index (χ0) is 12.1. The molecule has 16 heavy (non-hydrogen) atoms. The number of nitrogens with zero attached hydrogens (tertiary/aromatic N) is 1. The molecule has 0 aliphatic carbocycles. The van der Waals surface area contributed by atoms with Crippen molar-refractivity contribution in [2.45, 2.75) is 33.6 Å². The molecule has 0 aromatic heterocycles. The van der Waals surface area contributed by atoms with Crippen LogP contribution in [0.3, 0.4) is 0 Å². The van der Waals surface area contributed by atoms with Crippen LogP contribution in [-0.4, -0.2) is 36.5 Å². The van der Waals surface area contributed by atoms with Crippen molar-refractivity contribution >= 4 is 11.9 Å². The summed E-state index contributed by atoms with van der Waals surface area (Å²) in [4.78, 5) is 25.2. The molecule has 1 aliphatic rings. The number of amides is 1. The number of rotatable bonds is 3. The summed E-state index contributed by atoms with van der Waals surface area (Å²) in [7, 11) is 0. The van der Waals surface area contributed by atoms with Crippen LogP contribution in [0.2, 0.25) is 0 Å². The third-order valence-corrected chi connectivity index (χ3v) is 2.85. The van der Waals surface area contributed by atoms with Crippen molar-refractivity contribution in [2.24, 2.45) is 11.8 Å². The first-order chi connectivity index (χ1) is 7.56. The summed E-state index contributed by atoms with van der Waals surface area (Å²) in [6.45, 7) is 7.28. The van der Waals surface area contributed by atoms with Crippen molar-refractivity contribution in [3.8, 4) is 0 Å². The molecule has 0 unspecified atom stereocenters. The Morgan fingerprint density at radius 1 is 1.44 bits per heavy atom. The quantitative estimate of drug-likeness (QED) is 0.685. The number of piperidine rings is 1. The largest absolute Gasteiger partial charge is 0.466 e. The molecule has 4 heteroatoms. The SMILES string of the molecule is CCOC(=O)[C@@H]1CCCN(C(=O)C(C)C)C1. The first-order valence-corrected chi connectivity index (χ1v) is 6.01. The number of hydrogen-bond donors (Lipinski definition) is 0. The molecule has 1 heterocycles. The van der Waals surface area contributed by atoms with E-state index in [1.165, 1.54) is 0 Å². The van der Waals surface area contributed by atoms with Gasteiger partial charge in [-0.25, -0.2) is 0 Å². The van der Waals surface area contributed by atoms with Crippen LogP contribution in [0.5, 0.6) is 0 Å². The molecule has 1 aliphatic heterocycles. The smallest absolute Gasteiger partial charge is 0.310 e. The third kappa shape index (κ3) is 3.22. The van der Waals surface area contributed by atoms with Crippen LogP contribution in [0.4, 0.5) is 0 Å². The van der Waals surface area contributed by atoms with E-state index in [2.05, 4.69) is 0 Å². The minimum absolute atomic E-state index is 0.000876. The van der Waals surface area contributed by atoms with Crippen LogP contribution in [-0.2, 0) is 14.3 Å². The van der Waals surface area contributed by atoms with Crippen molar-refractivity contribution in [3.63, 3.8) is 0 Å². The Hall–Kier alpha value is -1.06. The summed E-state index contributed by atoms with van der Waals surface area (Å²) in [5.74, 6) is -0.157. The number of carbonyl (C=O) groups excluding carboxylic acids is 2. The molecule has 1 rings (SSSR count). The summed E-state index contributed by atoms with van der Waals surface area (Å²) < 4.78 is 4.99. The average Bonchev–Trinajstić information content (AvgIpc) is 2.28. The first-order valence-electron chi connectivity index (χ1n) is 6.01. The van der Waals surface area contributed by atoms with E-state index in [-0.39, 0.29) is 23.7 Å². The topological polar surface area (TPSA) is 46.6 Å². The van der Waals surface area contributed by atoms with Gasteiger partial charge in [-0.05, 0) is 19.8 Å². The molecule has 1 fully saturated rings. The molecular formula is C12H21NO3. The van der Waals surface area contributed by atoms with Crippen molar-refractivity contribution < 1.29 is 14.3 Å². The van der Waals surface area contributed by atoms with Gasteiger partial charge in [0.25, 0.3) is 0 Å². The molecular weight excluding hydrogens is 206 g/mol. The maximum atomic E-state index is 11.8. The number of hydrogen-bond acceptors (Lipinski definition) is 3. The van der Waals surface area contributed by atoms with Crippen LogP contribution < -0.4 is 0 Å². The highest BCUT2D eigenvalue weighted by Crippen LogP contribution is 2.19. The van der Waals surface area contributed by atoms with E-state index in [0.29, 0.717) is 13.2 Å². The van der Waals surface area contributed by atoms with Crippen molar-refractivity contribution in [1.82, 2.24) is 4.90 Å². The minimum atomic E-state index is -0.163. The van der Waals surface area contributed by atoms with Gasteiger partial charge in [0.05, 0.1) is 12.5 Å². The predicted octanol–water partition coefficient (Wildman–Crippen LogP) is 1.44. The van der Waals surface area contributed by atoms with E-state index in [0.717, 1.165) is 19.4 Å². The molecule has 0 N–H and O–H groups in total. The number of ether oxygens (including phenoxy) is 1. The van der Waals surface area contributed by atoms with Gasteiger partial charge in [0.2, 0.25) is 5.91 Å². The van der Waals surface area contributed by atoms with Crippen LogP contribution in [0.25, 0.3) is 0 Å². The standard InChI is InChI=1S/C12H21NO3/c1-4-16-12(15)10-6-5-7-13(8-10)11(14)9(2)3/h9-10H,4-8H2,1-3H3/t10-/m1/s1. The van der Waals surface area contributed by atoms with Crippen LogP contribution in [0.15, 0.2) is 0 Å².